The molecule has 1 unspecified atom stereocenters. The highest BCUT2D eigenvalue weighted by Crippen LogP contribution is 2.33. The van der Waals surface area contributed by atoms with Gasteiger partial charge < -0.3 is 15.2 Å². The smallest absolute Gasteiger partial charge is 0.161 e. The Hall–Kier alpha value is -2.00. The summed E-state index contributed by atoms with van der Waals surface area (Å²) in [4.78, 5) is 0. The van der Waals surface area contributed by atoms with E-state index in [0.29, 0.717) is 0 Å². The largest absolute Gasteiger partial charge is 0.493 e. The molecule has 0 aliphatic rings. The Morgan fingerprint density at radius 2 is 1.67 bits per heavy atom. The first-order chi connectivity index (χ1) is 10.0. The van der Waals surface area contributed by atoms with Crippen LogP contribution in [0.5, 0.6) is 11.5 Å². The number of aryl methyl sites for hydroxylation is 2. The van der Waals surface area contributed by atoms with Gasteiger partial charge >= 0.3 is 0 Å². The third kappa shape index (κ3) is 3.56. The molecule has 0 aromatic heterocycles. The van der Waals surface area contributed by atoms with Gasteiger partial charge in [0.05, 0.1) is 14.2 Å². The van der Waals surface area contributed by atoms with Crippen molar-refractivity contribution >= 4 is 0 Å². The molecular formula is C18H23NO2. The zero-order chi connectivity index (χ0) is 15.4. The third-order valence-electron chi connectivity index (χ3n) is 3.71. The average Bonchev–Trinajstić information content (AvgIpc) is 2.46. The van der Waals surface area contributed by atoms with Crippen molar-refractivity contribution < 1.29 is 9.47 Å². The molecule has 0 saturated heterocycles. The Kier molecular flexibility index (Phi) is 4.86. The summed E-state index contributed by atoms with van der Waals surface area (Å²) < 4.78 is 10.7. The molecule has 3 nitrogen and oxygen atoms in total. The number of rotatable bonds is 5. The minimum absolute atomic E-state index is 0.0633. The summed E-state index contributed by atoms with van der Waals surface area (Å²) in [6.07, 6.45) is 0.804. The Bertz CT molecular complexity index is 623. The fraction of sp³-hybridized carbons (Fsp3) is 0.333. The number of hydrogen-bond donors (Lipinski definition) is 1. The highest BCUT2D eigenvalue weighted by molar-refractivity contribution is 5.48. The number of methoxy groups -OCH3 is 2. The van der Waals surface area contributed by atoms with Crippen molar-refractivity contribution in [1.82, 2.24) is 0 Å². The number of nitrogens with two attached hydrogens (primary N) is 1. The fourth-order valence-corrected chi connectivity index (χ4v) is 2.60. The topological polar surface area (TPSA) is 44.5 Å². The molecule has 0 spiro atoms. The maximum atomic E-state index is 6.40. The summed E-state index contributed by atoms with van der Waals surface area (Å²) in [6, 6.07) is 12.3. The van der Waals surface area contributed by atoms with E-state index in [1.807, 2.05) is 19.1 Å². The lowest BCUT2D eigenvalue weighted by atomic mass is 9.95. The predicted octanol–water partition coefficient (Wildman–Crippen LogP) is 3.56. The van der Waals surface area contributed by atoms with E-state index >= 15 is 0 Å². The van der Waals surface area contributed by atoms with Crippen molar-refractivity contribution in [3.63, 3.8) is 0 Å². The lowest BCUT2D eigenvalue weighted by Crippen LogP contribution is -2.15. The van der Waals surface area contributed by atoms with Crippen molar-refractivity contribution in [2.75, 3.05) is 14.2 Å². The Labute approximate surface area is 126 Å². The molecule has 0 aliphatic carbocycles. The molecule has 0 radical (unpaired) electrons. The molecule has 2 N–H and O–H groups in total. The van der Waals surface area contributed by atoms with Crippen molar-refractivity contribution in [2.45, 2.75) is 26.3 Å². The van der Waals surface area contributed by atoms with Gasteiger partial charge in [-0.15, -0.1) is 0 Å². The minimum atomic E-state index is -0.0633. The van der Waals surface area contributed by atoms with Crippen molar-refractivity contribution in [3.05, 3.63) is 58.7 Å². The van der Waals surface area contributed by atoms with E-state index in [0.717, 1.165) is 29.0 Å². The molecule has 0 fully saturated rings. The highest BCUT2D eigenvalue weighted by atomic mass is 16.5. The van der Waals surface area contributed by atoms with E-state index in [-0.39, 0.29) is 6.04 Å². The second kappa shape index (κ2) is 6.64. The van der Waals surface area contributed by atoms with Crippen LogP contribution in [0.2, 0.25) is 0 Å². The molecule has 112 valence electrons. The van der Waals surface area contributed by atoms with Gasteiger partial charge in [0.1, 0.15) is 0 Å². The van der Waals surface area contributed by atoms with Crippen LogP contribution in [-0.4, -0.2) is 14.2 Å². The van der Waals surface area contributed by atoms with Crippen molar-refractivity contribution in [1.29, 1.82) is 0 Å². The van der Waals surface area contributed by atoms with Crippen LogP contribution in [0.4, 0.5) is 0 Å². The summed E-state index contributed by atoms with van der Waals surface area (Å²) in [5.41, 5.74) is 11.1. The summed E-state index contributed by atoms with van der Waals surface area (Å²) in [5, 5.41) is 0. The fourth-order valence-electron chi connectivity index (χ4n) is 2.60. The third-order valence-corrected chi connectivity index (χ3v) is 3.71. The highest BCUT2D eigenvalue weighted by Gasteiger charge is 2.14. The Balaban J connectivity index is 2.28. The first kappa shape index (κ1) is 15.4. The quantitative estimate of drug-likeness (QED) is 0.913. The molecule has 3 heteroatoms. The molecule has 0 amide bonds. The first-order valence-corrected chi connectivity index (χ1v) is 7.08. The maximum Gasteiger partial charge on any atom is 0.161 e. The monoisotopic (exact) mass is 285 g/mol. The molecule has 2 rings (SSSR count). The molecule has 2 aromatic rings. The van der Waals surface area contributed by atoms with Crippen LogP contribution in [0.3, 0.4) is 0 Å². The standard InChI is InChI=1S/C18H23NO2/c1-12-6-5-7-14(8-12)10-16(19)15-11-18(21-4)17(20-3)9-13(15)2/h5-9,11,16H,10,19H2,1-4H3. The first-order valence-electron chi connectivity index (χ1n) is 7.08. The van der Waals surface area contributed by atoms with Crippen LogP contribution in [0.1, 0.15) is 28.3 Å². The summed E-state index contributed by atoms with van der Waals surface area (Å²) in [5.74, 6) is 1.46. The van der Waals surface area contributed by atoms with Crippen molar-refractivity contribution in [3.8, 4) is 11.5 Å². The lowest BCUT2D eigenvalue weighted by molar-refractivity contribution is 0.354. The average molecular weight is 285 g/mol. The van der Waals surface area contributed by atoms with Gasteiger partial charge in [-0.2, -0.15) is 0 Å². The van der Waals surface area contributed by atoms with Crippen molar-refractivity contribution in [2.24, 2.45) is 5.73 Å². The molecule has 0 heterocycles. The van der Waals surface area contributed by atoms with Crippen LogP contribution >= 0.6 is 0 Å². The summed E-state index contributed by atoms with van der Waals surface area (Å²) in [6.45, 7) is 4.14. The van der Waals surface area contributed by atoms with Crippen LogP contribution < -0.4 is 15.2 Å². The molecule has 1 atom stereocenters. The van der Waals surface area contributed by atoms with Crippen LogP contribution in [0, 0.1) is 13.8 Å². The molecule has 21 heavy (non-hydrogen) atoms. The van der Waals surface area contributed by atoms with E-state index < -0.39 is 0 Å². The van der Waals surface area contributed by atoms with Gasteiger partial charge in [-0.3, -0.25) is 0 Å². The van der Waals surface area contributed by atoms with Gasteiger partial charge in [0.15, 0.2) is 11.5 Å². The molecule has 0 saturated carbocycles. The molecule has 0 bridgehead atoms. The SMILES string of the molecule is COc1cc(C)c(C(N)Cc2cccc(C)c2)cc1OC. The van der Waals surface area contributed by atoms with Crippen LogP contribution in [0.15, 0.2) is 36.4 Å². The molecular weight excluding hydrogens is 262 g/mol. The van der Waals surface area contributed by atoms with Gasteiger partial charge in [0.2, 0.25) is 0 Å². The van der Waals surface area contributed by atoms with Gasteiger partial charge in [-0.1, -0.05) is 29.8 Å². The van der Waals surface area contributed by atoms with Gasteiger partial charge in [-0.05, 0) is 49.1 Å². The summed E-state index contributed by atoms with van der Waals surface area (Å²) in [7, 11) is 3.28. The van der Waals surface area contributed by atoms with E-state index in [1.54, 1.807) is 14.2 Å². The van der Waals surface area contributed by atoms with E-state index in [2.05, 4.69) is 31.2 Å². The number of ether oxygens (including phenoxy) is 2. The lowest BCUT2D eigenvalue weighted by Gasteiger charge is -2.18. The van der Waals surface area contributed by atoms with Crippen LogP contribution in [0.25, 0.3) is 0 Å². The normalized spacial score (nSPS) is 12.0. The Morgan fingerprint density at radius 3 is 2.29 bits per heavy atom. The minimum Gasteiger partial charge on any atom is -0.493 e. The zero-order valence-corrected chi connectivity index (χ0v) is 13.1. The second-order valence-corrected chi connectivity index (χ2v) is 5.36. The molecule has 0 aliphatic heterocycles. The molecule has 2 aromatic carbocycles. The van der Waals surface area contributed by atoms with E-state index in [1.165, 1.54) is 11.1 Å². The van der Waals surface area contributed by atoms with E-state index in [4.69, 9.17) is 15.2 Å². The number of hydrogen-bond acceptors (Lipinski definition) is 3. The van der Waals surface area contributed by atoms with Gasteiger partial charge in [0.25, 0.3) is 0 Å². The van der Waals surface area contributed by atoms with Gasteiger partial charge in [0, 0.05) is 6.04 Å². The zero-order valence-electron chi connectivity index (χ0n) is 13.1. The van der Waals surface area contributed by atoms with Gasteiger partial charge in [-0.25, -0.2) is 0 Å². The predicted molar refractivity (Wildman–Crippen MR) is 86.1 cm³/mol. The van der Waals surface area contributed by atoms with Crippen LogP contribution in [-0.2, 0) is 6.42 Å². The maximum absolute atomic E-state index is 6.40. The van der Waals surface area contributed by atoms with E-state index in [9.17, 15) is 0 Å². The summed E-state index contributed by atoms with van der Waals surface area (Å²) >= 11 is 0. The number of benzene rings is 2. The second-order valence-electron chi connectivity index (χ2n) is 5.36. The Morgan fingerprint density at radius 1 is 1.00 bits per heavy atom.